The normalized spacial score (nSPS) is 23.4. The second-order valence-electron chi connectivity index (χ2n) is 10.1. The molecule has 0 saturated carbocycles. The van der Waals surface area contributed by atoms with E-state index >= 15 is 0 Å². The maximum atomic E-state index is 11.6. The molecular formula is C29H22N2O7S. The summed E-state index contributed by atoms with van der Waals surface area (Å²) in [6, 6.07) is 18.0. The van der Waals surface area contributed by atoms with Gasteiger partial charge in [0.1, 0.15) is 17.0 Å². The lowest BCUT2D eigenvalue weighted by Crippen LogP contribution is -2.33. The van der Waals surface area contributed by atoms with Crippen LogP contribution in [-0.4, -0.2) is 32.6 Å². The zero-order valence-electron chi connectivity index (χ0n) is 20.7. The van der Waals surface area contributed by atoms with Gasteiger partial charge in [-0.15, -0.1) is 0 Å². The Morgan fingerprint density at radius 3 is 2.69 bits per heavy atom. The fourth-order valence-electron chi connectivity index (χ4n) is 6.20. The topological polar surface area (TPSA) is 138 Å². The van der Waals surface area contributed by atoms with Crippen molar-refractivity contribution in [2.75, 3.05) is 6.61 Å². The Hall–Kier alpha value is -4.30. The monoisotopic (exact) mass is 542 g/mol. The minimum Gasteiger partial charge on any atom is -0.494 e. The summed E-state index contributed by atoms with van der Waals surface area (Å²) in [6.07, 6.45) is -0.424. The van der Waals surface area contributed by atoms with Crippen molar-refractivity contribution in [3.05, 3.63) is 81.0 Å². The van der Waals surface area contributed by atoms with Crippen molar-refractivity contribution < 1.29 is 29.2 Å². The van der Waals surface area contributed by atoms with Gasteiger partial charge < -0.3 is 29.2 Å². The van der Waals surface area contributed by atoms with E-state index in [0.717, 1.165) is 16.0 Å². The zero-order valence-corrected chi connectivity index (χ0v) is 21.5. The smallest absolute Gasteiger partial charge is 0.396 e. The molecule has 39 heavy (non-hydrogen) atoms. The van der Waals surface area contributed by atoms with Crippen LogP contribution in [0.2, 0.25) is 0 Å². The summed E-state index contributed by atoms with van der Waals surface area (Å²) in [5, 5.41) is 45.0. The predicted octanol–water partition coefficient (Wildman–Crippen LogP) is 4.76. The molecule has 3 N–H and O–H groups in total. The van der Waals surface area contributed by atoms with Gasteiger partial charge in [0.2, 0.25) is 11.8 Å². The summed E-state index contributed by atoms with van der Waals surface area (Å²) in [6.45, 7) is 1.88. The van der Waals surface area contributed by atoms with Crippen molar-refractivity contribution in [1.29, 1.82) is 5.26 Å². The van der Waals surface area contributed by atoms with Crippen molar-refractivity contribution in [2.45, 2.75) is 37.1 Å². The molecule has 0 radical (unpaired) electrons. The van der Waals surface area contributed by atoms with E-state index in [1.165, 1.54) is 4.57 Å². The van der Waals surface area contributed by atoms with Gasteiger partial charge in [-0.25, -0.2) is 4.79 Å². The highest BCUT2D eigenvalue weighted by molar-refractivity contribution is 7.16. The molecule has 0 unspecified atom stereocenters. The minimum absolute atomic E-state index is 0.174. The third-order valence-corrected chi connectivity index (χ3v) is 8.79. The average Bonchev–Trinajstić information content (AvgIpc) is 3.58. The van der Waals surface area contributed by atoms with Crippen molar-refractivity contribution in [3.63, 3.8) is 0 Å². The molecule has 1 saturated heterocycles. The van der Waals surface area contributed by atoms with E-state index < -0.39 is 17.3 Å². The van der Waals surface area contributed by atoms with Gasteiger partial charge in [0.05, 0.1) is 45.9 Å². The van der Waals surface area contributed by atoms with Crippen LogP contribution in [0.15, 0.2) is 63.8 Å². The molecule has 4 heterocycles. The number of ether oxygens (including phenoxy) is 2. The lowest BCUT2D eigenvalue weighted by Gasteiger charge is -2.26. The summed E-state index contributed by atoms with van der Waals surface area (Å²) in [5.74, 6) is 0.0995. The fraction of sp³-hybridized carbons (Fsp3) is 0.241. The first-order chi connectivity index (χ1) is 18.8. The third-order valence-electron chi connectivity index (χ3n) is 7.98. The van der Waals surface area contributed by atoms with Crippen LogP contribution in [0.1, 0.15) is 36.5 Å². The largest absolute Gasteiger partial charge is 0.494 e. The number of aliphatic hydroxyl groups is 1. The molecule has 0 spiro atoms. The van der Waals surface area contributed by atoms with E-state index in [9.17, 15) is 25.4 Å². The van der Waals surface area contributed by atoms with Gasteiger partial charge in [-0.1, -0.05) is 35.6 Å². The highest BCUT2D eigenvalue weighted by Gasteiger charge is 2.66. The van der Waals surface area contributed by atoms with Crippen molar-refractivity contribution in [2.24, 2.45) is 0 Å². The lowest BCUT2D eigenvalue weighted by atomic mass is 9.76. The number of nitrogens with zero attached hydrogens (tertiary/aromatic N) is 2. The number of benzene rings is 3. The zero-order chi connectivity index (χ0) is 27.1. The Kier molecular flexibility index (Phi) is 4.94. The molecule has 0 amide bonds. The first-order valence-corrected chi connectivity index (χ1v) is 13.2. The second-order valence-corrected chi connectivity index (χ2v) is 11.1. The standard InChI is InChI=1S/C29H22N2O7S/c1-28-22(32)13-29(38-28,10-11-36-16-7-9-21-20(12-16)37-27(35)39-21)24-23(28)25(33)31(26(24)34)19-8-6-15(14-30)17-4-2-3-5-18(17)19/h2-9,12,22,32-34H,10-11,13H2,1H3/t22-,28-,29+/m0/s1. The molecule has 2 aromatic heterocycles. The number of hydrogen-bond donors (Lipinski definition) is 3. The molecule has 0 aliphatic carbocycles. The first-order valence-electron chi connectivity index (χ1n) is 12.4. The molecule has 2 aliphatic rings. The third kappa shape index (κ3) is 3.21. The Bertz CT molecular complexity index is 1910. The van der Waals surface area contributed by atoms with Crippen LogP contribution in [0.4, 0.5) is 0 Å². The summed E-state index contributed by atoms with van der Waals surface area (Å²) >= 11 is 1.02. The predicted molar refractivity (Wildman–Crippen MR) is 143 cm³/mol. The molecule has 10 heteroatoms. The maximum Gasteiger partial charge on any atom is 0.396 e. The van der Waals surface area contributed by atoms with E-state index in [1.54, 1.807) is 37.3 Å². The maximum absolute atomic E-state index is 11.6. The van der Waals surface area contributed by atoms with Crippen LogP contribution < -0.4 is 9.68 Å². The Balaban J connectivity index is 1.29. The van der Waals surface area contributed by atoms with E-state index in [0.29, 0.717) is 44.5 Å². The number of aromatic hydroxyl groups is 2. The number of rotatable bonds is 5. The van der Waals surface area contributed by atoms with Crippen LogP contribution >= 0.6 is 11.3 Å². The number of fused-ring (bicyclic) bond motifs is 7. The number of aromatic nitrogens is 1. The molecule has 2 aliphatic heterocycles. The summed E-state index contributed by atoms with van der Waals surface area (Å²) in [5.41, 5.74) is -0.145. The Morgan fingerprint density at radius 2 is 1.90 bits per heavy atom. The average molecular weight is 543 g/mol. The van der Waals surface area contributed by atoms with Crippen molar-refractivity contribution >= 4 is 32.4 Å². The number of nitriles is 1. The van der Waals surface area contributed by atoms with Gasteiger partial charge in [-0.05, 0) is 31.2 Å². The molecule has 7 rings (SSSR count). The molecule has 2 bridgehead atoms. The summed E-state index contributed by atoms with van der Waals surface area (Å²) < 4.78 is 19.6. The first kappa shape index (κ1) is 23.8. The molecule has 9 nitrogen and oxygen atoms in total. The highest BCUT2D eigenvalue weighted by atomic mass is 32.1. The van der Waals surface area contributed by atoms with Gasteiger partial charge in [0, 0.05) is 29.7 Å². The highest BCUT2D eigenvalue weighted by Crippen LogP contribution is 2.65. The number of aliphatic hydroxyl groups excluding tert-OH is 1. The van der Waals surface area contributed by atoms with E-state index in [1.807, 2.05) is 24.3 Å². The molecule has 1 fully saturated rings. The quantitative estimate of drug-likeness (QED) is 0.289. The summed E-state index contributed by atoms with van der Waals surface area (Å²) in [7, 11) is 0. The SMILES string of the molecule is C[C@]12O[C@](CCOc3ccc4sc(=O)oc4c3)(C[C@@H]1O)c1c2c(O)n(-c2ccc(C#N)c3ccccc23)c1O. The van der Waals surface area contributed by atoms with Gasteiger partial charge in [0.25, 0.3) is 0 Å². The van der Waals surface area contributed by atoms with Crippen LogP contribution in [0.5, 0.6) is 17.5 Å². The van der Waals surface area contributed by atoms with Crippen molar-refractivity contribution in [3.8, 4) is 29.3 Å². The second kappa shape index (κ2) is 8.10. The van der Waals surface area contributed by atoms with E-state index in [-0.39, 0.29) is 36.1 Å². The van der Waals surface area contributed by atoms with E-state index in [2.05, 4.69) is 6.07 Å². The van der Waals surface area contributed by atoms with Gasteiger partial charge in [-0.2, -0.15) is 5.26 Å². The van der Waals surface area contributed by atoms with E-state index in [4.69, 9.17) is 13.9 Å². The van der Waals surface area contributed by atoms with Gasteiger partial charge in [-0.3, -0.25) is 4.57 Å². The Labute approximate surface area is 225 Å². The minimum atomic E-state index is -1.23. The van der Waals surface area contributed by atoms with Crippen LogP contribution in [-0.2, 0) is 15.9 Å². The molecule has 3 aromatic carbocycles. The Morgan fingerprint density at radius 1 is 1.13 bits per heavy atom. The van der Waals surface area contributed by atoms with Crippen LogP contribution in [0.25, 0.3) is 26.7 Å². The van der Waals surface area contributed by atoms with Crippen LogP contribution in [0.3, 0.4) is 0 Å². The molecular weight excluding hydrogens is 520 g/mol. The summed E-state index contributed by atoms with van der Waals surface area (Å²) in [4.78, 5) is 11.1. The molecule has 3 atom stereocenters. The van der Waals surface area contributed by atoms with Gasteiger partial charge in [0.15, 0.2) is 5.58 Å². The molecule has 5 aromatic rings. The lowest BCUT2D eigenvalue weighted by molar-refractivity contribution is -0.107. The van der Waals surface area contributed by atoms with Crippen molar-refractivity contribution in [1.82, 2.24) is 4.57 Å². The molecule has 196 valence electrons. The fourth-order valence-corrected chi connectivity index (χ4v) is 6.85. The number of hydrogen-bond acceptors (Lipinski definition) is 9. The van der Waals surface area contributed by atoms with Gasteiger partial charge >= 0.3 is 4.94 Å². The van der Waals surface area contributed by atoms with Crippen LogP contribution in [0, 0.1) is 11.3 Å².